The highest BCUT2D eigenvalue weighted by Gasteiger charge is 2.34. The number of carbonyl (C=O) groups excluding carboxylic acids is 1. The van der Waals surface area contributed by atoms with E-state index < -0.39 is 0 Å². The molecule has 1 aliphatic carbocycles. The molecule has 0 aliphatic heterocycles. The Hall–Kier alpha value is -0.820. The van der Waals surface area contributed by atoms with E-state index in [1.807, 2.05) is 18.2 Å². The van der Waals surface area contributed by atoms with Crippen LogP contribution >= 0.6 is 46.3 Å². The fourth-order valence-electron chi connectivity index (χ4n) is 2.04. The molecule has 0 saturated heterocycles. The van der Waals surface area contributed by atoms with Crippen molar-refractivity contribution in [1.82, 2.24) is 10.2 Å². The average Bonchev–Trinajstić information content (AvgIpc) is 3.17. The summed E-state index contributed by atoms with van der Waals surface area (Å²) in [6, 6.07) is 5.75. The number of carbonyl (C=O) groups is 1. The molecule has 0 unspecified atom stereocenters. The summed E-state index contributed by atoms with van der Waals surface area (Å²) in [6.07, 6.45) is 2.08. The Labute approximate surface area is 146 Å². The van der Waals surface area contributed by atoms with Crippen molar-refractivity contribution in [2.24, 2.45) is 0 Å². The van der Waals surface area contributed by atoms with E-state index in [1.54, 1.807) is 11.8 Å². The Morgan fingerprint density at radius 1 is 1.36 bits per heavy atom. The van der Waals surface area contributed by atoms with Gasteiger partial charge in [-0.15, -0.1) is 10.2 Å². The molecule has 22 heavy (non-hydrogen) atoms. The Morgan fingerprint density at radius 3 is 2.64 bits per heavy atom. The Balaban J connectivity index is 1.71. The van der Waals surface area contributed by atoms with Gasteiger partial charge < -0.3 is 0 Å². The Bertz CT molecular complexity index is 683. The summed E-state index contributed by atoms with van der Waals surface area (Å²) in [5.41, 5.74) is 0.887. The number of hydrogen-bond donors (Lipinski definition) is 0. The fraction of sp³-hybridized carbons (Fsp3) is 0.357. The van der Waals surface area contributed by atoms with E-state index in [4.69, 9.17) is 23.2 Å². The van der Waals surface area contributed by atoms with Gasteiger partial charge >= 0.3 is 0 Å². The summed E-state index contributed by atoms with van der Waals surface area (Å²) in [5.74, 6) is 0.640. The van der Waals surface area contributed by atoms with Crippen molar-refractivity contribution in [3.8, 4) is 0 Å². The molecule has 0 spiro atoms. The largest absolute Gasteiger partial charge is 0.284 e. The van der Waals surface area contributed by atoms with Crippen molar-refractivity contribution in [2.75, 3.05) is 4.90 Å². The van der Waals surface area contributed by atoms with Crippen LogP contribution in [0, 0.1) is 0 Å². The number of rotatable bonds is 5. The normalized spacial score (nSPS) is 14.1. The number of benzene rings is 1. The molecule has 1 aliphatic rings. The molecule has 1 saturated carbocycles. The number of halogens is 2. The molecular formula is C14H13Cl2N3OS2. The first-order valence-electron chi connectivity index (χ1n) is 6.75. The lowest BCUT2D eigenvalue weighted by molar-refractivity contribution is -0.116. The van der Waals surface area contributed by atoms with E-state index in [0.29, 0.717) is 27.0 Å². The molecule has 8 heteroatoms. The molecule has 3 rings (SSSR count). The van der Waals surface area contributed by atoms with Crippen LogP contribution in [0.25, 0.3) is 0 Å². The molecule has 1 aromatic carbocycles. The van der Waals surface area contributed by atoms with E-state index >= 15 is 0 Å². The van der Waals surface area contributed by atoms with Gasteiger partial charge in [-0.3, -0.25) is 9.69 Å². The van der Waals surface area contributed by atoms with Gasteiger partial charge in [-0.2, -0.15) is 0 Å². The van der Waals surface area contributed by atoms with E-state index in [-0.39, 0.29) is 5.91 Å². The van der Waals surface area contributed by atoms with Gasteiger partial charge in [0.05, 0.1) is 0 Å². The fourth-order valence-corrected chi connectivity index (χ4v) is 4.74. The van der Waals surface area contributed by atoms with Crippen LogP contribution in [0.3, 0.4) is 0 Å². The number of nitrogens with zero attached hydrogens (tertiary/aromatic N) is 3. The predicted octanol–water partition coefficient (Wildman–Crippen LogP) is 4.65. The van der Waals surface area contributed by atoms with E-state index in [9.17, 15) is 4.79 Å². The molecule has 4 nitrogen and oxygen atoms in total. The summed E-state index contributed by atoms with van der Waals surface area (Å²) < 4.78 is 0.804. The van der Waals surface area contributed by atoms with Crippen molar-refractivity contribution < 1.29 is 4.79 Å². The second kappa shape index (κ2) is 6.74. The maximum Gasteiger partial charge on any atom is 0.225 e. The van der Waals surface area contributed by atoms with E-state index in [1.165, 1.54) is 23.1 Å². The maximum atomic E-state index is 11.7. The number of amides is 1. The van der Waals surface area contributed by atoms with Crippen molar-refractivity contribution in [2.45, 2.75) is 35.9 Å². The predicted molar refractivity (Wildman–Crippen MR) is 92.1 cm³/mol. The summed E-state index contributed by atoms with van der Waals surface area (Å²) >= 11 is 15.3. The molecule has 1 fully saturated rings. The van der Waals surface area contributed by atoms with Gasteiger partial charge in [0.2, 0.25) is 11.0 Å². The van der Waals surface area contributed by atoms with Crippen LogP contribution in [0.2, 0.25) is 10.0 Å². The quantitative estimate of drug-likeness (QED) is 0.564. The van der Waals surface area contributed by atoms with Crippen LogP contribution in [-0.4, -0.2) is 22.1 Å². The first kappa shape index (κ1) is 16.1. The van der Waals surface area contributed by atoms with Crippen molar-refractivity contribution in [3.05, 3.63) is 33.8 Å². The number of aromatic nitrogens is 2. The lowest BCUT2D eigenvalue weighted by atomic mass is 10.2. The smallest absolute Gasteiger partial charge is 0.225 e. The highest BCUT2D eigenvalue weighted by Crippen LogP contribution is 2.37. The van der Waals surface area contributed by atoms with Crippen molar-refractivity contribution >= 4 is 57.3 Å². The molecule has 1 amide bonds. The average molecular weight is 374 g/mol. The molecule has 0 radical (unpaired) electrons. The van der Waals surface area contributed by atoms with Crippen LogP contribution in [0.15, 0.2) is 22.5 Å². The molecule has 0 bridgehead atoms. The third-order valence-electron chi connectivity index (χ3n) is 3.25. The zero-order valence-corrected chi connectivity index (χ0v) is 14.9. The summed E-state index contributed by atoms with van der Waals surface area (Å²) in [6.45, 7) is 1.57. The minimum Gasteiger partial charge on any atom is -0.284 e. The summed E-state index contributed by atoms with van der Waals surface area (Å²) in [5, 5.41) is 10.3. The Morgan fingerprint density at radius 2 is 2.05 bits per heavy atom. The zero-order chi connectivity index (χ0) is 15.7. The standard InChI is InChI=1S/C14H13Cl2N3OS2/c1-8(20)19(9-5-6-9)13-17-18-14(22-13)21-7-10-11(15)3-2-4-12(10)16/h2-4,9H,5-7H2,1H3. The van der Waals surface area contributed by atoms with Crippen LogP contribution in [0.4, 0.5) is 5.13 Å². The first-order valence-corrected chi connectivity index (χ1v) is 9.31. The SMILES string of the molecule is CC(=O)N(c1nnc(SCc2c(Cl)cccc2Cl)s1)C1CC1. The van der Waals surface area contributed by atoms with Crippen molar-refractivity contribution in [1.29, 1.82) is 0 Å². The monoisotopic (exact) mass is 373 g/mol. The molecule has 1 aromatic heterocycles. The lowest BCUT2D eigenvalue weighted by Gasteiger charge is -2.15. The molecule has 116 valence electrons. The molecular weight excluding hydrogens is 361 g/mol. The van der Waals surface area contributed by atoms with Gasteiger partial charge in [0.1, 0.15) is 0 Å². The zero-order valence-electron chi connectivity index (χ0n) is 11.8. The van der Waals surface area contributed by atoms with E-state index in [2.05, 4.69) is 10.2 Å². The van der Waals surface area contributed by atoms with Crippen molar-refractivity contribution in [3.63, 3.8) is 0 Å². The second-order valence-electron chi connectivity index (χ2n) is 4.96. The molecule has 0 N–H and O–H groups in total. The third-order valence-corrected chi connectivity index (χ3v) is 6.05. The van der Waals surface area contributed by atoms with Crippen LogP contribution in [0.1, 0.15) is 25.3 Å². The first-order chi connectivity index (χ1) is 10.6. The maximum absolute atomic E-state index is 11.7. The summed E-state index contributed by atoms with van der Waals surface area (Å²) in [7, 11) is 0. The van der Waals surface area contributed by atoms with Gasteiger partial charge in [0.25, 0.3) is 0 Å². The van der Waals surface area contributed by atoms with Gasteiger partial charge in [-0.25, -0.2) is 0 Å². The lowest BCUT2D eigenvalue weighted by Crippen LogP contribution is -2.30. The molecule has 0 atom stereocenters. The molecule has 2 aromatic rings. The second-order valence-corrected chi connectivity index (χ2v) is 7.95. The number of anilines is 1. The van der Waals surface area contributed by atoms with Gasteiger partial charge in [-0.1, -0.05) is 52.4 Å². The minimum absolute atomic E-state index is 0.0179. The van der Waals surface area contributed by atoms with E-state index in [0.717, 1.165) is 22.7 Å². The molecule has 1 heterocycles. The van der Waals surface area contributed by atoms with Gasteiger partial charge in [-0.05, 0) is 30.5 Å². The van der Waals surface area contributed by atoms with Gasteiger partial charge in [0, 0.05) is 28.8 Å². The topological polar surface area (TPSA) is 46.1 Å². The highest BCUT2D eigenvalue weighted by molar-refractivity contribution is 8.00. The van der Waals surface area contributed by atoms with Crippen LogP contribution in [0.5, 0.6) is 0 Å². The third kappa shape index (κ3) is 3.56. The number of hydrogen-bond acceptors (Lipinski definition) is 5. The minimum atomic E-state index is 0.0179. The van der Waals surface area contributed by atoms with Crippen LogP contribution < -0.4 is 4.90 Å². The van der Waals surface area contributed by atoms with Gasteiger partial charge in [0.15, 0.2) is 4.34 Å². The van der Waals surface area contributed by atoms with Crippen LogP contribution in [-0.2, 0) is 10.5 Å². The highest BCUT2D eigenvalue weighted by atomic mass is 35.5. The number of thioether (sulfide) groups is 1. The Kier molecular flexibility index (Phi) is 4.92. The summed E-state index contributed by atoms with van der Waals surface area (Å²) in [4.78, 5) is 13.5.